The van der Waals surface area contributed by atoms with Gasteiger partial charge in [-0.3, -0.25) is 0 Å². The van der Waals surface area contributed by atoms with Gasteiger partial charge in [0.1, 0.15) is 5.75 Å². The molecule has 2 aromatic carbocycles. The zero-order valence-electron chi connectivity index (χ0n) is 12.9. The minimum atomic E-state index is -0.935. The van der Waals surface area contributed by atoms with Crippen LogP contribution in [0.25, 0.3) is 11.1 Å². The molecule has 0 radical (unpaired) electrons. The molecule has 116 valence electrons. The maximum atomic E-state index is 11.5. The highest BCUT2D eigenvalue weighted by atomic mass is 16.5. The van der Waals surface area contributed by atoms with Crippen LogP contribution in [0.15, 0.2) is 48.5 Å². The SMILES string of the molecule is CCCCCCOc1ccc(-c2ccccc2)c(C(=O)O)c1. The summed E-state index contributed by atoms with van der Waals surface area (Å²) in [6.07, 6.45) is 4.53. The fraction of sp³-hybridized carbons (Fsp3) is 0.316. The van der Waals surface area contributed by atoms with Crippen LogP contribution in [0.1, 0.15) is 43.0 Å². The third-order valence-corrected chi connectivity index (χ3v) is 3.57. The summed E-state index contributed by atoms with van der Waals surface area (Å²) >= 11 is 0. The minimum Gasteiger partial charge on any atom is -0.494 e. The van der Waals surface area contributed by atoms with E-state index >= 15 is 0 Å². The van der Waals surface area contributed by atoms with E-state index in [1.807, 2.05) is 42.5 Å². The largest absolute Gasteiger partial charge is 0.494 e. The van der Waals surface area contributed by atoms with E-state index in [2.05, 4.69) is 6.92 Å². The molecule has 3 nitrogen and oxygen atoms in total. The Labute approximate surface area is 131 Å². The number of rotatable bonds is 8. The molecule has 3 heteroatoms. The van der Waals surface area contributed by atoms with Gasteiger partial charge in [-0.05, 0) is 35.7 Å². The van der Waals surface area contributed by atoms with Crippen molar-refractivity contribution in [2.75, 3.05) is 6.61 Å². The van der Waals surface area contributed by atoms with Gasteiger partial charge in [-0.2, -0.15) is 0 Å². The van der Waals surface area contributed by atoms with Crippen LogP contribution in [-0.4, -0.2) is 17.7 Å². The molecule has 2 aromatic rings. The summed E-state index contributed by atoms with van der Waals surface area (Å²) in [7, 11) is 0. The quantitative estimate of drug-likeness (QED) is 0.697. The first-order valence-corrected chi connectivity index (χ1v) is 7.78. The zero-order chi connectivity index (χ0) is 15.8. The van der Waals surface area contributed by atoms with Crippen LogP contribution in [-0.2, 0) is 0 Å². The Kier molecular flexibility index (Phi) is 6.01. The van der Waals surface area contributed by atoms with E-state index in [1.165, 1.54) is 12.8 Å². The van der Waals surface area contributed by atoms with Gasteiger partial charge in [-0.1, -0.05) is 56.5 Å². The summed E-state index contributed by atoms with van der Waals surface area (Å²) in [6, 6.07) is 14.8. The Bertz CT molecular complexity index is 605. The van der Waals surface area contributed by atoms with Crippen LogP contribution >= 0.6 is 0 Å². The lowest BCUT2D eigenvalue weighted by Gasteiger charge is -2.10. The summed E-state index contributed by atoms with van der Waals surface area (Å²) in [5, 5.41) is 9.44. The molecule has 0 aromatic heterocycles. The van der Waals surface area contributed by atoms with Crippen molar-refractivity contribution in [2.45, 2.75) is 32.6 Å². The van der Waals surface area contributed by atoms with E-state index in [-0.39, 0.29) is 5.56 Å². The second-order valence-corrected chi connectivity index (χ2v) is 5.29. The molecular weight excluding hydrogens is 276 g/mol. The van der Waals surface area contributed by atoms with Gasteiger partial charge in [0.15, 0.2) is 0 Å². The third-order valence-electron chi connectivity index (χ3n) is 3.57. The van der Waals surface area contributed by atoms with Crippen LogP contribution in [0.5, 0.6) is 5.75 Å². The lowest BCUT2D eigenvalue weighted by Crippen LogP contribution is -2.02. The number of unbranched alkanes of at least 4 members (excludes halogenated alkanes) is 3. The second kappa shape index (κ2) is 8.23. The van der Waals surface area contributed by atoms with Crippen molar-refractivity contribution < 1.29 is 14.6 Å². The molecule has 0 aliphatic carbocycles. The maximum absolute atomic E-state index is 11.5. The summed E-state index contributed by atoms with van der Waals surface area (Å²) in [5.41, 5.74) is 1.89. The molecule has 0 bridgehead atoms. The third kappa shape index (κ3) is 4.35. The van der Waals surface area contributed by atoms with E-state index in [9.17, 15) is 9.90 Å². The number of hydrogen-bond acceptors (Lipinski definition) is 2. The first-order chi connectivity index (χ1) is 10.7. The number of carboxylic acids is 1. The Hall–Kier alpha value is -2.29. The van der Waals surface area contributed by atoms with Gasteiger partial charge < -0.3 is 9.84 Å². The minimum absolute atomic E-state index is 0.275. The zero-order valence-corrected chi connectivity index (χ0v) is 12.9. The first kappa shape index (κ1) is 16.1. The van der Waals surface area contributed by atoms with Crippen LogP contribution in [0.3, 0.4) is 0 Å². The van der Waals surface area contributed by atoms with Crippen molar-refractivity contribution >= 4 is 5.97 Å². The lowest BCUT2D eigenvalue weighted by molar-refractivity contribution is 0.0697. The first-order valence-electron chi connectivity index (χ1n) is 7.78. The number of carbonyl (C=O) groups is 1. The van der Waals surface area contributed by atoms with Crippen LogP contribution in [0, 0.1) is 0 Å². The lowest BCUT2D eigenvalue weighted by atomic mass is 9.99. The molecule has 0 fully saturated rings. The molecule has 0 unspecified atom stereocenters. The van der Waals surface area contributed by atoms with Crippen molar-refractivity contribution in [2.24, 2.45) is 0 Å². The number of benzene rings is 2. The number of carboxylic acid groups (broad SMARTS) is 1. The normalized spacial score (nSPS) is 10.4. The molecule has 0 atom stereocenters. The molecule has 2 rings (SSSR count). The van der Waals surface area contributed by atoms with E-state index in [0.717, 1.165) is 18.4 Å². The summed E-state index contributed by atoms with van der Waals surface area (Å²) in [5.74, 6) is -0.316. The van der Waals surface area contributed by atoms with Crippen molar-refractivity contribution in [3.8, 4) is 16.9 Å². The molecule has 0 spiro atoms. The van der Waals surface area contributed by atoms with Crippen LogP contribution < -0.4 is 4.74 Å². The maximum Gasteiger partial charge on any atom is 0.336 e. The van der Waals surface area contributed by atoms with Gasteiger partial charge in [0.2, 0.25) is 0 Å². The molecule has 0 aliphatic rings. The molecule has 0 amide bonds. The molecule has 1 N–H and O–H groups in total. The summed E-state index contributed by atoms with van der Waals surface area (Å²) in [6.45, 7) is 2.80. The topological polar surface area (TPSA) is 46.5 Å². The van der Waals surface area contributed by atoms with Gasteiger partial charge >= 0.3 is 5.97 Å². The smallest absolute Gasteiger partial charge is 0.336 e. The van der Waals surface area contributed by atoms with E-state index in [1.54, 1.807) is 6.07 Å². The predicted molar refractivity (Wildman–Crippen MR) is 88.5 cm³/mol. The van der Waals surface area contributed by atoms with Gasteiger partial charge in [0, 0.05) is 0 Å². The summed E-state index contributed by atoms with van der Waals surface area (Å²) in [4.78, 5) is 11.5. The predicted octanol–water partition coefficient (Wildman–Crippen LogP) is 5.01. The van der Waals surface area contributed by atoms with E-state index < -0.39 is 5.97 Å². The van der Waals surface area contributed by atoms with Gasteiger partial charge in [0.25, 0.3) is 0 Å². The van der Waals surface area contributed by atoms with Gasteiger partial charge in [-0.15, -0.1) is 0 Å². The number of hydrogen-bond donors (Lipinski definition) is 1. The fourth-order valence-corrected chi connectivity index (χ4v) is 2.38. The standard InChI is InChI=1S/C19H22O3/c1-2-3-4-8-13-22-16-11-12-17(18(14-16)19(20)21)15-9-6-5-7-10-15/h5-7,9-12,14H,2-4,8,13H2,1H3,(H,20,21). The highest BCUT2D eigenvalue weighted by Gasteiger charge is 2.13. The van der Waals surface area contributed by atoms with Crippen molar-refractivity contribution in [1.82, 2.24) is 0 Å². The monoisotopic (exact) mass is 298 g/mol. The van der Waals surface area contributed by atoms with E-state index in [0.29, 0.717) is 17.9 Å². The molecular formula is C19H22O3. The Morgan fingerprint density at radius 2 is 1.82 bits per heavy atom. The molecule has 22 heavy (non-hydrogen) atoms. The average molecular weight is 298 g/mol. The fourth-order valence-electron chi connectivity index (χ4n) is 2.38. The number of ether oxygens (including phenoxy) is 1. The Morgan fingerprint density at radius 1 is 1.05 bits per heavy atom. The van der Waals surface area contributed by atoms with Gasteiger partial charge in [-0.25, -0.2) is 4.79 Å². The number of aromatic carboxylic acids is 1. The van der Waals surface area contributed by atoms with Crippen LogP contribution in [0.2, 0.25) is 0 Å². The molecule has 0 aliphatic heterocycles. The highest BCUT2D eigenvalue weighted by Crippen LogP contribution is 2.27. The second-order valence-electron chi connectivity index (χ2n) is 5.29. The van der Waals surface area contributed by atoms with Gasteiger partial charge in [0.05, 0.1) is 12.2 Å². The van der Waals surface area contributed by atoms with Crippen molar-refractivity contribution in [3.63, 3.8) is 0 Å². The van der Waals surface area contributed by atoms with Crippen molar-refractivity contribution in [3.05, 3.63) is 54.1 Å². The molecule has 0 heterocycles. The Morgan fingerprint density at radius 3 is 2.50 bits per heavy atom. The van der Waals surface area contributed by atoms with Crippen molar-refractivity contribution in [1.29, 1.82) is 0 Å². The molecule has 0 saturated heterocycles. The summed E-state index contributed by atoms with van der Waals surface area (Å²) < 4.78 is 5.67. The molecule has 0 saturated carbocycles. The highest BCUT2D eigenvalue weighted by molar-refractivity contribution is 5.96. The van der Waals surface area contributed by atoms with E-state index in [4.69, 9.17) is 4.74 Å². The Balaban J connectivity index is 2.12. The average Bonchev–Trinajstić information content (AvgIpc) is 2.55. The van der Waals surface area contributed by atoms with Crippen LogP contribution in [0.4, 0.5) is 0 Å².